The van der Waals surface area contributed by atoms with Crippen LogP contribution in [-0.4, -0.2) is 63.2 Å². The number of piperidine rings is 1. The van der Waals surface area contributed by atoms with Crippen LogP contribution in [0.3, 0.4) is 0 Å². The topological polar surface area (TPSA) is 56.4 Å². The van der Waals surface area contributed by atoms with E-state index in [1.54, 1.807) is 6.08 Å². The Morgan fingerprint density at radius 2 is 2.11 bits per heavy atom. The van der Waals surface area contributed by atoms with Crippen molar-refractivity contribution in [3.8, 4) is 0 Å². The third kappa shape index (κ3) is 6.14. The van der Waals surface area contributed by atoms with E-state index in [0.717, 1.165) is 32.6 Å². The molecular formula is C13H26N4O. The SMILES string of the molecule is CCN[C@H]1CNCC(NC(=O)/C=C/CN(C)C)C1. The highest BCUT2D eigenvalue weighted by molar-refractivity contribution is 5.87. The first-order chi connectivity index (χ1) is 8.61. The lowest BCUT2D eigenvalue weighted by Crippen LogP contribution is -2.54. The van der Waals surface area contributed by atoms with Crippen LogP contribution in [0.2, 0.25) is 0 Å². The number of nitrogens with zero attached hydrogens (tertiary/aromatic N) is 1. The van der Waals surface area contributed by atoms with Crippen LogP contribution in [0, 0.1) is 0 Å². The number of hydrogen-bond donors (Lipinski definition) is 3. The molecule has 104 valence electrons. The fraction of sp³-hybridized carbons (Fsp3) is 0.769. The number of hydrogen-bond acceptors (Lipinski definition) is 4. The van der Waals surface area contributed by atoms with Gasteiger partial charge in [0, 0.05) is 37.8 Å². The standard InChI is InChI=1S/C13H26N4O/c1-4-15-11-8-12(10-14-9-11)16-13(18)6-5-7-17(2)3/h5-6,11-12,14-15H,4,7-10H2,1-3H3,(H,16,18)/b6-5+/t11-,12?/m1/s1. The lowest BCUT2D eigenvalue weighted by Gasteiger charge is -2.30. The summed E-state index contributed by atoms with van der Waals surface area (Å²) in [5, 5.41) is 9.78. The number of amides is 1. The van der Waals surface area contributed by atoms with Crippen molar-refractivity contribution >= 4 is 5.91 Å². The van der Waals surface area contributed by atoms with Gasteiger partial charge in [0.1, 0.15) is 0 Å². The summed E-state index contributed by atoms with van der Waals surface area (Å²) in [6.07, 6.45) is 4.50. The summed E-state index contributed by atoms with van der Waals surface area (Å²) in [6.45, 7) is 5.70. The summed E-state index contributed by atoms with van der Waals surface area (Å²) in [6, 6.07) is 0.680. The van der Waals surface area contributed by atoms with Gasteiger partial charge >= 0.3 is 0 Å². The Morgan fingerprint density at radius 3 is 2.78 bits per heavy atom. The Bertz CT molecular complexity index is 276. The maximum atomic E-state index is 11.7. The smallest absolute Gasteiger partial charge is 0.243 e. The summed E-state index contributed by atoms with van der Waals surface area (Å²) >= 11 is 0. The fourth-order valence-corrected chi connectivity index (χ4v) is 2.12. The van der Waals surface area contributed by atoms with Gasteiger partial charge in [-0.3, -0.25) is 4.79 Å². The average Bonchev–Trinajstić information content (AvgIpc) is 2.29. The molecule has 0 spiro atoms. The normalized spacial score (nSPS) is 24.7. The summed E-state index contributed by atoms with van der Waals surface area (Å²) in [5.41, 5.74) is 0. The van der Waals surface area contributed by atoms with Gasteiger partial charge in [-0.2, -0.15) is 0 Å². The molecule has 1 aliphatic rings. The first kappa shape index (κ1) is 15.1. The van der Waals surface area contributed by atoms with Crippen LogP contribution in [0.5, 0.6) is 0 Å². The van der Waals surface area contributed by atoms with Crippen LogP contribution in [0.4, 0.5) is 0 Å². The molecule has 0 bridgehead atoms. The lowest BCUT2D eigenvalue weighted by molar-refractivity contribution is -0.117. The van der Waals surface area contributed by atoms with Crippen molar-refractivity contribution in [2.45, 2.75) is 25.4 Å². The van der Waals surface area contributed by atoms with Crippen molar-refractivity contribution in [3.63, 3.8) is 0 Å². The van der Waals surface area contributed by atoms with Gasteiger partial charge in [-0.05, 0) is 27.1 Å². The first-order valence-corrected chi connectivity index (χ1v) is 6.67. The molecule has 0 aromatic carbocycles. The van der Waals surface area contributed by atoms with Crippen molar-refractivity contribution in [1.29, 1.82) is 0 Å². The molecule has 0 aliphatic carbocycles. The zero-order valence-electron chi connectivity index (χ0n) is 11.7. The Labute approximate surface area is 110 Å². The van der Waals surface area contributed by atoms with Gasteiger partial charge < -0.3 is 20.9 Å². The van der Waals surface area contributed by atoms with Gasteiger partial charge in [-0.1, -0.05) is 13.0 Å². The number of rotatable bonds is 6. The highest BCUT2D eigenvalue weighted by atomic mass is 16.1. The number of carbonyl (C=O) groups is 1. The highest BCUT2D eigenvalue weighted by Gasteiger charge is 2.21. The van der Waals surface area contributed by atoms with Crippen molar-refractivity contribution in [2.24, 2.45) is 0 Å². The van der Waals surface area contributed by atoms with E-state index in [-0.39, 0.29) is 11.9 Å². The van der Waals surface area contributed by atoms with E-state index in [9.17, 15) is 4.79 Å². The van der Waals surface area contributed by atoms with Crippen LogP contribution < -0.4 is 16.0 Å². The predicted octanol–water partition coefficient (Wildman–Crippen LogP) is -0.440. The largest absolute Gasteiger partial charge is 0.348 e. The van der Waals surface area contributed by atoms with Gasteiger partial charge in [-0.15, -0.1) is 0 Å². The van der Waals surface area contributed by atoms with Crippen LogP contribution in [0.15, 0.2) is 12.2 Å². The molecule has 0 radical (unpaired) electrons. The molecule has 3 N–H and O–H groups in total. The molecule has 1 amide bonds. The van der Waals surface area contributed by atoms with E-state index in [1.165, 1.54) is 0 Å². The quantitative estimate of drug-likeness (QED) is 0.563. The summed E-state index contributed by atoms with van der Waals surface area (Å²) in [5.74, 6) is 0.000739. The number of carbonyl (C=O) groups excluding carboxylic acids is 1. The van der Waals surface area contributed by atoms with Crippen molar-refractivity contribution in [1.82, 2.24) is 20.9 Å². The molecule has 2 atom stereocenters. The molecule has 1 saturated heterocycles. The third-order valence-electron chi connectivity index (χ3n) is 2.93. The van der Waals surface area contributed by atoms with E-state index in [1.807, 2.05) is 25.1 Å². The molecular weight excluding hydrogens is 228 g/mol. The molecule has 0 aromatic rings. The Hall–Kier alpha value is -0.910. The van der Waals surface area contributed by atoms with Crippen LogP contribution in [0.1, 0.15) is 13.3 Å². The van der Waals surface area contributed by atoms with Gasteiger partial charge in [0.05, 0.1) is 0 Å². The molecule has 18 heavy (non-hydrogen) atoms. The van der Waals surface area contributed by atoms with E-state index < -0.39 is 0 Å². The number of likely N-dealkylation sites (N-methyl/N-ethyl adjacent to an activating group) is 2. The van der Waals surface area contributed by atoms with Gasteiger partial charge in [0.25, 0.3) is 0 Å². The molecule has 5 heteroatoms. The van der Waals surface area contributed by atoms with Crippen molar-refractivity contribution in [3.05, 3.63) is 12.2 Å². The van der Waals surface area contributed by atoms with Gasteiger partial charge in [0.2, 0.25) is 5.91 Å². The minimum atomic E-state index is 0.000739. The molecule has 1 fully saturated rings. The predicted molar refractivity (Wildman–Crippen MR) is 74.6 cm³/mol. The zero-order valence-corrected chi connectivity index (χ0v) is 11.7. The van der Waals surface area contributed by atoms with Crippen LogP contribution in [-0.2, 0) is 4.79 Å². The Kier molecular flexibility index (Phi) is 6.93. The maximum Gasteiger partial charge on any atom is 0.243 e. The molecule has 0 aromatic heterocycles. The van der Waals surface area contributed by atoms with E-state index in [2.05, 4.69) is 22.9 Å². The molecule has 1 rings (SSSR count). The van der Waals surface area contributed by atoms with Gasteiger partial charge in [-0.25, -0.2) is 0 Å². The molecule has 5 nitrogen and oxygen atoms in total. The van der Waals surface area contributed by atoms with Gasteiger partial charge in [0.15, 0.2) is 0 Å². The second-order valence-corrected chi connectivity index (χ2v) is 5.02. The van der Waals surface area contributed by atoms with E-state index in [4.69, 9.17) is 0 Å². The second-order valence-electron chi connectivity index (χ2n) is 5.02. The first-order valence-electron chi connectivity index (χ1n) is 6.67. The van der Waals surface area contributed by atoms with Crippen molar-refractivity contribution < 1.29 is 4.79 Å². The fourth-order valence-electron chi connectivity index (χ4n) is 2.12. The minimum Gasteiger partial charge on any atom is -0.348 e. The molecule has 1 unspecified atom stereocenters. The second kappa shape index (κ2) is 8.24. The number of nitrogens with one attached hydrogen (secondary N) is 3. The van der Waals surface area contributed by atoms with E-state index >= 15 is 0 Å². The lowest BCUT2D eigenvalue weighted by atomic mass is 10.0. The molecule has 0 saturated carbocycles. The monoisotopic (exact) mass is 254 g/mol. The zero-order chi connectivity index (χ0) is 13.4. The maximum absolute atomic E-state index is 11.7. The minimum absolute atomic E-state index is 0.000739. The summed E-state index contributed by atoms with van der Waals surface area (Å²) in [4.78, 5) is 13.7. The average molecular weight is 254 g/mol. The van der Waals surface area contributed by atoms with E-state index in [0.29, 0.717) is 6.04 Å². The molecule has 1 heterocycles. The summed E-state index contributed by atoms with van der Waals surface area (Å²) in [7, 11) is 3.96. The summed E-state index contributed by atoms with van der Waals surface area (Å²) < 4.78 is 0. The Morgan fingerprint density at radius 1 is 1.39 bits per heavy atom. The van der Waals surface area contributed by atoms with Crippen molar-refractivity contribution in [2.75, 3.05) is 40.3 Å². The van der Waals surface area contributed by atoms with Crippen LogP contribution >= 0.6 is 0 Å². The van der Waals surface area contributed by atoms with Crippen LogP contribution in [0.25, 0.3) is 0 Å². The highest BCUT2D eigenvalue weighted by Crippen LogP contribution is 2.03. The Balaban J connectivity index is 2.28. The third-order valence-corrected chi connectivity index (χ3v) is 2.93. The molecule has 1 aliphatic heterocycles.